The number of alkyl halides is 1. The number of hydrogen-bond donors (Lipinski definition) is 0. The maximum Gasteiger partial charge on any atom is 0.134 e. The van der Waals surface area contributed by atoms with Crippen LogP contribution in [-0.2, 0) is 0 Å². The monoisotopic (exact) mass is 215 g/mol. The topological polar surface area (TPSA) is 9.23 Å². The lowest BCUT2D eigenvalue weighted by Gasteiger charge is -2.04. The van der Waals surface area contributed by atoms with Crippen molar-refractivity contribution < 1.29 is 9.13 Å². The predicted octanol–water partition coefficient (Wildman–Crippen LogP) is 3.41. The van der Waals surface area contributed by atoms with Gasteiger partial charge in [-0.25, -0.2) is 4.39 Å². The summed E-state index contributed by atoms with van der Waals surface area (Å²) in [4.78, 5) is 0. The standard InChI is InChI=1S/C11H13ClFO/c12-7-2-1-3-8-14-11-6-4-5-10(13)9-11/h4,6,9H,1-3,7-8H2. The molecule has 0 spiro atoms. The van der Waals surface area contributed by atoms with Gasteiger partial charge in [0.25, 0.3) is 0 Å². The van der Waals surface area contributed by atoms with Crippen molar-refractivity contribution in [2.75, 3.05) is 12.5 Å². The van der Waals surface area contributed by atoms with Crippen molar-refractivity contribution in [3.63, 3.8) is 0 Å². The number of benzene rings is 1. The summed E-state index contributed by atoms with van der Waals surface area (Å²) in [5.41, 5.74) is 0. The van der Waals surface area contributed by atoms with Gasteiger partial charge in [0.15, 0.2) is 0 Å². The molecule has 1 rings (SSSR count). The van der Waals surface area contributed by atoms with Crippen LogP contribution in [0.4, 0.5) is 4.39 Å². The first-order valence-corrected chi connectivity index (χ1v) is 5.22. The third-order valence-corrected chi connectivity index (χ3v) is 2.05. The molecule has 0 amide bonds. The fourth-order valence-corrected chi connectivity index (χ4v) is 1.26. The molecule has 1 nitrogen and oxygen atoms in total. The highest BCUT2D eigenvalue weighted by atomic mass is 35.5. The molecule has 0 heterocycles. The van der Waals surface area contributed by atoms with E-state index < -0.39 is 0 Å². The second kappa shape index (κ2) is 6.66. The maximum absolute atomic E-state index is 12.6. The van der Waals surface area contributed by atoms with E-state index in [9.17, 15) is 4.39 Å². The molecule has 0 aliphatic carbocycles. The number of unbranched alkanes of at least 4 members (excludes halogenated alkanes) is 2. The van der Waals surface area contributed by atoms with Crippen LogP contribution in [0.5, 0.6) is 5.75 Å². The molecule has 1 aromatic rings. The van der Waals surface area contributed by atoms with Gasteiger partial charge in [-0.05, 0) is 31.4 Å². The molecule has 0 bridgehead atoms. The van der Waals surface area contributed by atoms with Crippen LogP contribution in [0.1, 0.15) is 19.3 Å². The Hall–Kier alpha value is -0.760. The molecule has 0 unspecified atom stereocenters. The quantitative estimate of drug-likeness (QED) is 0.522. The zero-order chi connectivity index (χ0) is 10.2. The van der Waals surface area contributed by atoms with Gasteiger partial charge in [-0.2, -0.15) is 0 Å². The van der Waals surface area contributed by atoms with E-state index in [-0.39, 0.29) is 5.82 Å². The summed E-state index contributed by atoms with van der Waals surface area (Å²) >= 11 is 5.52. The summed E-state index contributed by atoms with van der Waals surface area (Å²) in [6.45, 7) is 0.611. The lowest BCUT2D eigenvalue weighted by molar-refractivity contribution is 0.305. The van der Waals surface area contributed by atoms with E-state index in [2.05, 4.69) is 6.07 Å². The highest BCUT2D eigenvalue weighted by Crippen LogP contribution is 2.12. The van der Waals surface area contributed by atoms with Crippen LogP contribution in [0.25, 0.3) is 0 Å². The molecule has 14 heavy (non-hydrogen) atoms. The van der Waals surface area contributed by atoms with Gasteiger partial charge < -0.3 is 4.74 Å². The predicted molar refractivity (Wildman–Crippen MR) is 55.3 cm³/mol. The summed E-state index contributed by atoms with van der Waals surface area (Å²) < 4.78 is 18.0. The third-order valence-electron chi connectivity index (χ3n) is 1.78. The van der Waals surface area contributed by atoms with Crippen LogP contribution >= 0.6 is 11.6 Å². The zero-order valence-corrected chi connectivity index (χ0v) is 8.69. The third kappa shape index (κ3) is 4.47. The summed E-state index contributed by atoms with van der Waals surface area (Å²) in [7, 11) is 0. The average molecular weight is 216 g/mol. The van der Waals surface area contributed by atoms with Gasteiger partial charge in [-0.1, -0.05) is 0 Å². The minimum atomic E-state index is -0.386. The molecule has 77 valence electrons. The van der Waals surface area contributed by atoms with Gasteiger partial charge >= 0.3 is 0 Å². The van der Waals surface area contributed by atoms with Gasteiger partial charge in [0.2, 0.25) is 0 Å². The van der Waals surface area contributed by atoms with Crippen LogP contribution in [-0.4, -0.2) is 12.5 Å². The Labute approximate surface area is 88.8 Å². The number of halogens is 2. The minimum absolute atomic E-state index is 0.386. The molecule has 0 saturated carbocycles. The highest BCUT2D eigenvalue weighted by molar-refractivity contribution is 6.17. The van der Waals surface area contributed by atoms with Crippen molar-refractivity contribution in [3.05, 3.63) is 30.1 Å². The van der Waals surface area contributed by atoms with Crippen LogP contribution in [0.2, 0.25) is 0 Å². The van der Waals surface area contributed by atoms with E-state index in [4.69, 9.17) is 16.3 Å². The molecular formula is C11H13ClFO. The van der Waals surface area contributed by atoms with Crippen LogP contribution in [0, 0.1) is 11.9 Å². The second-order valence-electron chi connectivity index (χ2n) is 2.97. The average Bonchev–Trinajstić information content (AvgIpc) is 2.18. The molecule has 1 aromatic carbocycles. The minimum Gasteiger partial charge on any atom is -0.493 e. The van der Waals surface area contributed by atoms with Gasteiger partial charge in [0.1, 0.15) is 11.6 Å². The Kier molecular flexibility index (Phi) is 5.38. The molecule has 0 atom stereocenters. The zero-order valence-electron chi connectivity index (χ0n) is 7.93. The summed E-state index contributed by atoms with van der Waals surface area (Å²) in [5.74, 6) is 0.866. The van der Waals surface area contributed by atoms with E-state index in [1.807, 2.05) is 0 Å². The van der Waals surface area contributed by atoms with Gasteiger partial charge in [0.05, 0.1) is 6.61 Å². The van der Waals surface area contributed by atoms with Gasteiger partial charge in [-0.3, -0.25) is 0 Å². The van der Waals surface area contributed by atoms with Crippen molar-refractivity contribution in [2.24, 2.45) is 0 Å². The first kappa shape index (κ1) is 11.3. The maximum atomic E-state index is 12.6. The van der Waals surface area contributed by atoms with Crippen LogP contribution < -0.4 is 4.74 Å². The molecular weight excluding hydrogens is 203 g/mol. The summed E-state index contributed by atoms with van der Waals surface area (Å²) in [6.07, 6.45) is 3.00. The molecule has 3 heteroatoms. The number of hydrogen-bond acceptors (Lipinski definition) is 1. The van der Waals surface area contributed by atoms with Crippen molar-refractivity contribution >= 4 is 11.6 Å². The lowest BCUT2D eigenvalue weighted by atomic mass is 10.3. The fourth-order valence-electron chi connectivity index (χ4n) is 1.07. The van der Waals surface area contributed by atoms with Crippen molar-refractivity contribution in [1.82, 2.24) is 0 Å². The van der Waals surface area contributed by atoms with E-state index in [1.165, 1.54) is 12.1 Å². The Balaban J connectivity index is 2.18. The lowest BCUT2D eigenvalue weighted by Crippen LogP contribution is -1.97. The van der Waals surface area contributed by atoms with Crippen LogP contribution in [0.3, 0.4) is 0 Å². The molecule has 0 fully saturated rings. The second-order valence-corrected chi connectivity index (χ2v) is 3.35. The Morgan fingerprint density at radius 2 is 2.21 bits per heavy atom. The Morgan fingerprint density at radius 1 is 1.36 bits per heavy atom. The number of rotatable bonds is 6. The van der Waals surface area contributed by atoms with Crippen molar-refractivity contribution in [2.45, 2.75) is 19.3 Å². The van der Waals surface area contributed by atoms with Crippen LogP contribution in [0.15, 0.2) is 18.2 Å². The Bertz CT molecular complexity index is 265. The summed E-state index contributed by atoms with van der Waals surface area (Å²) in [5, 5.41) is 0. The normalized spacial score (nSPS) is 10.1. The largest absolute Gasteiger partial charge is 0.493 e. The molecule has 0 aliphatic rings. The van der Waals surface area contributed by atoms with Crippen molar-refractivity contribution in [3.8, 4) is 5.75 Å². The van der Waals surface area contributed by atoms with E-state index >= 15 is 0 Å². The fraction of sp³-hybridized carbons (Fsp3) is 0.455. The molecule has 0 aromatic heterocycles. The molecule has 0 aliphatic heterocycles. The first-order chi connectivity index (χ1) is 6.83. The SMILES string of the molecule is Fc1[c]ccc(OCCCCCCl)c1. The number of ether oxygens (including phenoxy) is 1. The van der Waals surface area contributed by atoms with Crippen molar-refractivity contribution in [1.29, 1.82) is 0 Å². The van der Waals surface area contributed by atoms with Gasteiger partial charge in [0, 0.05) is 18.0 Å². The summed E-state index contributed by atoms with van der Waals surface area (Å²) in [6, 6.07) is 6.97. The highest BCUT2D eigenvalue weighted by Gasteiger charge is 1.95. The first-order valence-electron chi connectivity index (χ1n) is 4.69. The Morgan fingerprint density at radius 3 is 2.93 bits per heavy atom. The van der Waals surface area contributed by atoms with E-state index in [1.54, 1.807) is 6.07 Å². The van der Waals surface area contributed by atoms with Gasteiger partial charge in [-0.15, -0.1) is 11.6 Å². The molecule has 0 saturated heterocycles. The van der Waals surface area contributed by atoms with E-state index in [0.29, 0.717) is 18.2 Å². The molecule has 1 radical (unpaired) electrons. The molecule has 0 N–H and O–H groups in total. The smallest absolute Gasteiger partial charge is 0.134 e. The van der Waals surface area contributed by atoms with E-state index in [0.717, 1.165) is 19.3 Å².